The predicted molar refractivity (Wildman–Crippen MR) is 90.3 cm³/mol. The standard InChI is InChI=1S/C18H29N3O3/c1-13-5-6-15(24-13)7-8-16(22)21-10-3-4-14(12-21)17(23)18-19-9-11-20(18)2/h9,11,13-15,17,23H,3-8,10,12H2,1-2H3. The van der Waals surface area contributed by atoms with Crippen molar-refractivity contribution in [2.24, 2.45) is 13.0 Å². The van der Waals surface area contributed by atoms with Crippen LogP contribution in [0.3, 0.4) is 0 Å². The number of rotatable bonds is 5. The zero-order valence-electron chi connectivity index (χ0n) is 14.7. The van der Waals surface area contributed by atoms with Gasteiger partial charge in [-0.3, -0.25) is 4.79 Å². The molecule has 2 aliphatic rings. The first-order chi connectivity index (χ1) is 11.5. The van der Waals surface area contributed by atoms with E-state index < -0.39 is 6.10 Å². The molecule has 24 heavy (non-hydrogen) atoms. The lowest BCUT2D eigenvalue weighted by atomic mass is 9.91. The minimum absolute atomic E-state index is 0.0616. The van der Waals surface area contributed by atoms with Gasteiger partial charge in [-0.05, 0) is 39.0 Å². The van der Waals surface area contributed by atoms with Crippen LogP contribution in [0.15, 0.2) is 12.4 Å². The fourth-order valence-corrected chi connectivity index (χ4v) is 3.91. The molecule has 0 bridgehead atoms. The van der Waals surface area contributed by atoms with Crippen molar-refractivity contribution in [2.45, 2.75) is 63.8 Å². The molecule has 6 nitrogen and oxygen atoms in total. The maximum Gasteiger partial charge on any atom is 0.222 e. The molecule has 0 aliphatic carbocycles. The average molecular weight is 335 g/mol. The maximum atomic E-state index is 12.5. The molecule has 6 heteroatoms. The second-order valence-corrected chi connectivity index (χ2v) is 7.27. The number of ether oxygens (including phenoxy) is 1. The topological polar surface area (TPSA) is 67.6 Å². The number of nitrogens with zero attached hydrogens (tertiary/aromatic N) is 3. The van der Waals surface area contributed by atoms with Crippen LogP contribution in [-0.4, -0.2) is 50.8 Å². The molecule has 4 atom stereocenters. The van der Waals surface area contributed by atoms with Gasteiger partial charge in [-0.15, -0.1) is 0 Å². The molecular weight excluding hydrogens is 306 g/mol. The van der Waals surface area contributed by atoms with E-state index >= 15 is 0 Å². The highest BCUT2D eigenvalue weighted by Gasteiger charge is 2.31. The number of aliphatic hydroxyl groups excluding tert-OH is 1. The van der Waals surface area contributed by atoms with Gasteiger partial charge in [-0.2, -0.15) is 0 Å². The van der Waals surface area contributed by atoms with Crippen molar-refractivity contribution in [1.29, 1.82) is 0 Å². The highest BCUT2D eigenvalue weighted by Crippen LogP contribution is 2.29. The van der Waals surface area contributed by atoms with Crippen LogP contribution in [-0.2, 0) is 16.6 Å². The largest absolute Gasteiger partial charge is 0.385 e. The van der Waals surface area contributed by atoms with Gasteiger partial charge in [-0.1, -0.05) is 0 Å². The molecule has 1 aromatic heterocycles. The molecule has 0 saturated carbocycles. The van der Waals surface area contributed by atoms with Gasteiger partial charge in [0.2, 0.25) is 5.91 Å². The van der Waals surface area contributed by atoms with Crippen molar-refractivity contribution in [3.8, 4) is 0 Å². The Balaban J connectivity index is 1.51. The first kappa shape index (κ1) is 17.4. The molecule has 2 saturated heterocycles. The number of hydrogen-bond donors (Lipinski definition) is 1. The summed E-state index contributed by atoms with van der Waals surface area (Å²) in [6, 6.07) is 0. The average Bonchev–Trinajstić information content (AvgIpc) is 3.20. The first-order valence-corrected chi connectivity index (χ1v) is 9.13. The second-order valence-electron chi connectivity index (χ2n) is 7.27. The molecule has 1 N–H and O–H groups in total. The SMILES string of the molecule is CC1CCC(CCC(=O)N2CCCC(C(O)c3nccn3C)C2)O1. The van der Waals surface area contributed by atoms with Gasteiger partial charge in [0.1, 0.15) is 11.9 Å². The number of aliphatic hydroxyl groups is 1. The Morgan fingerprint density at radius 1 is 1.46 bits per heavy atom. The molecule has 2 aliphatic heterocycles. The van der Waals surface area contributed by atoms with E-state index in [0.717, 1.165) is 38.6 Å². The molecular formula is C18H29N3O3. The zero-order valence-corrected chi connectivity index (χ0v) is 14.7. The van der Waals surface area contributed by atoms with E-state index in [9.17, 15) is 9.90 Å². The lowest BCUT2D eigenvalue weighted by Gasteiger charge is -2.35. The number of carbonyl (C=O) groups is 1. The van der Waals surface area contributed by atoms with Crippen molar-refractivity contribution in [1.82, 2.24) is 14.5 Å². The Labute approximate surface area is 143 Å². The molecule has 3 rings (SSSR count). The Morgan fingerprint density at radius 3 is 2.96 bits per heavy atom. The monoisotopic (exact) mass is 335 g/mol. The molecule has 0 radical (unpaired) electrons. The summed E-state index contributed by atoms with van der Waals surface area (Å²) in [5, 5.41) is 10.6. The van der Waals surface area contributed by atoms with Gasteiger partial charge in [0.15, 0.2) is 0 Å². The maximum absolute atomic E-state index is 12.5. The second kappa shape index (κ2) is 7.66. The van der Waals surface area contributed by atoms with E-state index in [1.807, 2.05) is 22.7 Å². The van der Waals surface area contributed by atoms with Crippen molar-refractivity contribution >= 4 is 5.91 Å². The summed E-state index contributed by atoms with van der Waals surface area (Å²) < 4.78 is 7.65. The third-order valence-electron chi connectivity index (χ3n) is 5.38. The van der Waals surface area contributed by atoms with Gasteiger partial charge in [0.05, 0.1) is 12.2 Å². The van der Waals surface area contributed by atoms with Crippen LogP contribution in [0.25, 0.3) is 0 Å². The Morgan fingerprint density at radius 2 is 2.29 bits per heavy atom. The fraction of sp³-hybridized carbons (Fsp3) is 0.778. The molecule has 134 valence electrons. The fourth-order valence-electron chi connectivity index (χ4n) is 3.91. The van der Waals surface area contributed by atoms with Crippen LogP contribution in [0, 0.1) is 5.92 Å². The summed E-state index contributed by atoms with van der Waals surface area (Å²) in [6.07, 6.45) is 8.89. The van der Waals surface area contributed by atoms with Crippen LogP contribution in [0.1, 0.15) is 57.4 Å². The van der Waals surface area contributed by atoms with E-state index in [-0.39, 0.29) is 17.9 Å². The highest BCUT2D eigenvalue weighted by molar-refractivity contribution is 5.76. The number of aromatic nitrogens is 2. The quantitative estimate of drug-likeness (QED) is 0.894. The summed E-state index contributed by atoms with van der Waals surface area (Å²) in [7, 11) is 1.89. The van der Waals surface area contributed by atoms with Crippen LogP contribution in [0.4, 0.5) is 0 Å². The molecule has 0 spiro atoms. The summed E-state index contributed by atoms with van der Waals surface area (Å²) in [5.41, 5.74) is 0. The minimum Gasteiger partial charge on any atom is -0.385 e. The van der Waals surface area contributed by atoms with Crippen LogP contribution in [0.5, 0.6) is 0 Å². The molecule has 2 fully saturated rings. The first-order valence-electron chi connectivity index (χ1n) is 9.13. The van der Waals surface area contributed by atoms with Crippen molar-refractivity contribution in [2.75, 3.05) is 13.1 Å². The van der Waals surface area contributed by atoms with Crippen molar-refractivity contribution < 1.29 is 14.6 Å². The number of carbonyl (C=O) groups excluding carboxylic acids is 1. The van der Waals surface area contributed by atoms with E-state index in [2.05, 4.69) is 11.9 Å². The summed E-state index contributed by atoms with van der Waals surface area (Å²) >= 11 is 0. The van der Waals surface area contributed by atoms with Crippen LogP contribution >= 0.6 is 0 Å². The normalized spacial score (nSPS) is 29.0. The number of imidazole rings is 1. The lowest BCUT2D eigenvalue weighted by molar-refractivity contribution is -0.134. The predicted octanol–water partition coefficient (Wildman–Crippen LogP) is 2.04. The number of likely N-dealkylation sites (tertiary alicyclic amines) is 1. The minimum atomic E-state index is -0.611. The molecule has 3 heterocycles. The Kier molecular flexibility index (Phi) is 5.56. The lowest BCUT2D eigenvalue weighted by Crippen LogP contribution is -2.42. The van der Waals surface area contributed by atoms with Gasteiger partial charge in [-0.25, -0.2) is 4.98 Å². The van der Waals surface area contributed by atoms with E-state index in [1.165, 1.54) is 0 Å². The summed E-state index contributed by atoms with van der Waals surface area (Å²) in [6.45, 7) is 3.51. The Hall–Kier alpha value is -1.40. The van der Waals surface area contributed by atoms with E-state index in [1.54, 1.807) is 6.20 Å². The number of aryl methyl sites for hydroxylation is 1. The third-order valence-corrected chi connectivity index (χ3v) is 5.38. The number of piperidine rings is 1. The van der Waals surface area contributed by atoms with Crippen molar-refractivity contribution in [3.63, 3.8) is 0 Å². The van der Waals surface area contributed by atoms with Gasteiger partial charge in [0, 0.05) is 44.9 Å². The third kappa shape index (κ3) is 3.98. The summed E-state index contributed by atoms with van der Waals surface area (Å²) in [4.78, 5) is 18.7. The van der Waals surface area contributed by atoms with Gasteiger partial charge < -0.3 is 19.3 Å². The van der Waals surface area contributed by atoms with E-state index in [4.69, 9.17) is 4.74 Å². The van der Waals surface area contributed by atoms with Crippen LogP contribution < -0.4 is 0 Å². The molecule has 1 aromatic rings. The summed E-state index contributed by atoms with van der Waals surface area (Å²) in [5.74, 6) is 0.934. The van der Waals surface area contributed by atoms with Crippen molar-refractivity contribution in [3.05, 3.63) is 18.2 Å². The zero-order chi connectivity index (χ0) is 17.1. The van der Waals surface area contributed by atoms with Crippen LogP contribution in [0.2, 0.25) is 0 Å². The highest BCUT2D eigenvalue weighted by atomic mass is 16.5. The van der Waals surface area contributed by atoms with Gasteiger partial charge in [0.25, 0.3) is 0 Å². The smallest absolute Gasteiger partial charge is 0.222 e. The Bertz CT molecular complexity index is 559. The van der Waals surface area contributed by atoms with E-state index in [0.29, 0.717) is 24.9 Å². The number of amides is 1. The molecule has 4 unspecified atom stereocenters. The van der Waals surface area contributed by atoms with Gasteiger partial charge >= 0.3 is 0 Å². The molecule has 0 aromatic carbocycles. The molecule has 1 amide bonds. The number of hydrogen-bond acceptors (Lipinski definition) is 4.